The molecule has 2 aromatic carbocycles. The second-order valence-corrected chi connectivity index (χ2v) is 4.44. The lowest BCUT2D eigenvalue weighted by molar-refractivity contribution is -0.143. The first-order valence-corrected chi connectivity index (χ1v) is 6.35. The van der Waals surface area contributed by atoms with Crippen molar-refractivity contribution < 1.29 is 23.8 Å². The van der Waals surface area contributed by atoms with Crippen molar-refractivity contribution >= 4 is 5.97 Å². The normalized spacial score (nSPS) is 11.7. The molecule has 0 saturated carbocycles. The summed E-state index contributed by atoms with van der Waals surface area (Å²) >= 11 is 0. The molecule has 2 rings (SSSR count). The van der Waals surface area contributed by atoms with Crippen LogP contribution >= 0.6 is 0 Å². The van der Waals surface area contributed by atoms with Gasteiger partial charge in [-0.15, -0.1) is 0 Å². The van der Waals surface area contributed by atoms with Crippen molar-refractivity contribution in [2.24, 2.45) is 0 Å². The number of hydrogen-bond acceptors (Lipinski definition) is 4. The molecular formula is C16H15FO4. The van der Waals surface area contributed by atoms with Crippen LogP contribution in [0.4, 0.5) is 4.39 Å². The Morgan fingerprint density at radius 2 is 1.95 bits per heavy atom. The summed E-state index contributed by atoms with van der Waals surface area (Å²) in [5.41, 5.74) is 0.600. The fourth-order valence-corrected chi connectivity index (χ4v) is 1.89. The zero-order chi connectivity index (χ0) is 15.2. The quantitative estimate of drug-likeness (QED) is 0.860. The third kappa shape index (κ3) is 3.95. The molecular weight excluding hydrogens is 275 g/mol. The number of aromatic hydroxyl groups is 1. The summed E-state index contributed by atoms with van der Waals surface area (Å²) in [4.78, 5) is 11.8. The Balaban J connectivity index is 2.13. The molecule has 0 aliphatic rings. The number of rotatable bonds is 5. The molecule has 2 aromatic rings. The Hall–Kier alpha value is -2.56. The van der Waals surface area contributed by atoms with Crippen molar-refractivity contribution in [3.63, 3.8) is 0 Å². The topological polar surface area (TPSA) is 55.8 Å². The van der Waals surface area contributed by atoms with Gasteiger partial charge in [-0.25, -0.2) is 4.39 Å². The first-order chi connectivity index (χ1) is 10.1. The van der Waals surface area contributed by atoms with E-state index in [1.165, 1.54) is 43.5 Å². The van der Waals surface area contributed by atoms with Gasteiger partial charge in [-0.2, -0.15) is 0 Å². The molecule has 0 radical (unpaired) electrons. The molecule has 0 heterocycles. The number of halogens is 1. The Kier molecular flexibility index (Phi) is 4.77. The predicted molar refractivity (Wildman–Crippen MR) is 74.8 cm³/mol. The van der Waals surface area contributed by atoms with Crippen LogP contribution in [0.25, 0.3) is 0 Å². The smallest absolute Gasteiger partial charge is 0.316 e. The fraction of sp³-hybridized carbons (Fsp3) is 0.188. The Morgan fingerprint density at radius 3 is 2.57 bits per heavy atom. The molecule has 4 nitrogen and oxygen atoms in total. The van der Waals surface area contributed by atoms with Crippen molar-refractivity contribution in [2.75, 3.05) is 13.7 Å². The molecule has 0 fully saturated rings. The van der Waals surface area contributed by atoms with Gasteiger partial charge in [0.1, 0.15) is 29.8 Å². The van der Waals surface area contributed by atoms with Gasteiger partial charge in [0.15, 0.2) is 0 Å². The summed E-state index contributed by atoms with van der Waals surface area (Å²) in [5.74, 6) is -1.01. The Labute approximate surface area is 121 Å². The molecule has 110 valence electrons. The summed E-state index contributed by atoms with van der Waals surface area (Å²) in [5, 5.41) is 9.37. The van der Waals surface area contributed by atoms with Gasteiger partial charge >= 0.3 is 5.97 Å². The maximum absolute atomic E-state index is 13.0. The summed E-state index contributed by atoms with van der Waals surface area (Å²) in [7, 11) is 1.28. The van der Waals surface area contributed by atoms with E-state index in [0.717, 1.165) is 0 Å². The molecule has 1 N–H and O–H groups in total. The molecule has 0 saturated heterocycles. The van der Waals surface area contributed by atoms with Gasteiger partial charge in [0.2, 0.25) is 0 Å². The minimum atomic E-state index is -0.669. The number of carbonyl (C=O) groups is 1. The maximum Gasteiger partial charge on any atom is 0.316 e. The van der Waals surface area contributed by atoms with Crippen molar-refractivity contribution in [1.82, 2.24) is 0 Å². The lowest BCUT2D eigenvalue weighted by Crippen LogP contribution is -2.21. The lowest BCUT2D eigenvalue weighted by Gasteiger charge is -2.16. The number of carbonyl (C=O) groups excluding carboxylic acids is 1. The van der Waals surface area contributed by atoms with E-state index < -0.39 is 11.9 Å². The minimum absolute atomic E-state index is 0.0295. The van der Waals surface area contributed by atoms with Crippen LogP contribution in [0.2, 0.25) is 0 Å². The molecule has 1 atom stereocenters. The SMILES string of the molecule is COC(=O)C(COc1cccc(O)c1)c1ccc(F)cc1. The van der Waals surface area contributed by atoms with E-state index in [1.807, 2.05) is 0 Å². The monoisotopic (exact) mass is 290 g/mol. The van der Waals surface area contributed by atoms with Gasteiger partial charge < -0.3 is 14.6 Å². The summed E-state index contributed by atoms with van der Waals surface area (Å²) in [6.07, 6.45) is 0. The van der Waals surface area contributed by atoms with Gasteiger partial charge in [0.05, 0.1) is 7.11 Å². The average molecular weight is 290 g/mol. The van der Waals surface area contributed by atoms with Crippen molar-refractivity contribution in [1.29, 1.82) is 0 Å². The summed E-state index contributed by atoms with van der Waals surface area (Å²) in [6.45, 7) is 0.0295. The molecule has 1 unspecified atom stereocenters. The number of benzene rings is 2. The number of phenolic OH excluding ortho intramolecular Hbond substituents is 1. The van der Waals surface area contributed by atoms with E-state index in [4.69, 9.17) is 9.47 Å². The van der Waals surface area contributed by atoms with Crippen molar-refractivity contribution in [2.45, 2.75) is 5.92 Å². The number of phenols is 1. The van der Waals surface area contributed by atoms with E-state index in [2.05, 4.69) is 0 Å². The van der Waals surface area contributed by atoms with Crippen LogP contribution < -0.4 is 4.74 Å². The molecule has 0 aliphatic heterocycles. The van der Waals surface area contributed by atoms with Crippen LogP contribution in [0.1, 0.15) is 11.5 Å². The van der Waals surface area contributed by atoms with E-state index in [0.29, 0.717) is 11.3 Å². The van der Waals surface area contributed by atoms with Gasteiger partial charge in [-0.05, 0) is 29.8 Å². The molecule has 0 spiro atoms. The molecule has 0 bridgehead atoms. The lowest BCUT2D eigenvalue weighted by atomic mass is 10.0. The van der Waals surface area contributed by atoms with Crippen LogP contribution in [0.3, 0.4) is 0 Å². The number of methoxy groups -OCH3 is 1. The molecule has 5 heteroatoms. The van der Waals surface area contributed by atoms with E-state index in [1.54, 1.807) is 12.1 Å². The van der Waals surface area contributed by atoms with Gasteiger partial charge in [-0.3, -0.25) is 4.79 Å². The number of ether oxygens (including phenoxy) is 2. The molecule has 21 heavy (non-hydrogen) atoms. The maximum atomic E-state index is 13.0. The molecule has 0 amide bonds. The van der Waals surface area contributed by atoms with Gasteiger partial charge in [0.25, 0.3) is 0 Å². The highest BCUT2D eigenvalue weighted by Crippen LogP contribution is 2.22. The second-order valence-electron chi connectivity index (χ2n) is 4.44. The number of hydrogen-bond donors (Lipinski definition) is 1. The van der Waals surface area contributed by atoms with Crippen LogP contribution in [-0.2, 0) is 9.53 Å². The molecule has 0 aromatic heterocycles. The summed E-state index contributed by atoms with van der Waals surface area (Å²) < 4.78 is 23.2. The standard InChI is InChI=1S/C16H15FO4/c1-20-16(19)15(11-5-7-12(17)8-6-11)10-21-14-4-2-3-13(18)9-14/h2-9,15,18H,10H2,1H3. The van der Waals surface area contributed by atoms with Crippen molar-refractivity contribution in [3.8, 4) is 11.5 Å². The third-order valence-corrected chi connectivity index (χ3v) is 2.99. The minimum Gasteiger partial charge on any atom is -0.508 e. The Morgan fingerprint density at radius 1 is 1.24 bits per heavy atom. The summed E-state index contributed by atoms with van der Waals surface area (Å²) in [6, 6.07) is 11.8. The third-order valence-electron chi connectivity index (χ3n) is 2.99. The van der Waals surface area contributed by atoms with Crippen LogP contribution in [0.5, 0.6) is 11.5 Å². The first kappa shape index (κ1) is 14.8. The van der Waals surface area contributed by atoms with Gasteiger partial charge in [-0.1, -0.05) is 18.2 Å². The Bertz CT molecular complexity index is 610. The van der Waals surface area contributed by atoms with Crippen LogP contribution in [0, 0.1) is 5.82 Å². The highest BCUT2D eigenvalue weighted by Gasteiger charge is 2.22. The average Bonchev–Trinajstić information content (AvgIpc) is 2.49. The zero-order valence-electron chi connectivity index (χ0n) is 11.5. The first-order valence-electron chi connectivity index (χ1n) is 6.35. The zero-order valence-corrected chi connectivity index (χ0v) is 11.5. The largest absolute Gasteiger partial charge is 0.508 e. The van der Waals surface area contributed by atoms with E-state index in [-0.39, 0.29) is 18.2 Å². The number of esters is 1. The van der Waals surface area contributed by atoms with Crippen molar-refractivity contribution in [3.05, 3.63) is 59.9 Å². The molecule has 0 aliphatic carbocycles. The highest BCUT2D eigenvalue weighted by atomic mass is 19.1. The van der Waals surface area contributed by atoms with Gasteiger partial charge in [0, 0.05) is 6.07 Å². The second kappa shape index (κ2) is 6.74. The fourth-order valence-electron chi connectivity index (χ4n) is 1.89. The van der Waals surface area contributed by atoms with E-state index >= 15 is 0 Å². The van der Waals surface area contributed by atoms with E-state index in [9.17, 15) is 14.3 Å². The predicted octanol–water partition coefficient (Wildman–Crippen LogP) is 2.87. The highest BCUT2D eigenvalue weighted by molar-refractivity contribution is 5.78. The van der Waals surface area contributed by atoms with Crippen LogP contribution in [-0.4, -0.2) is 24.8 Å². The van der Waals surface area contributed by atoms with Crippen LogP contribution in [0.15, 0.2) is 48.5 Å².